The molecule has 0 bridgehead atoms. The molecule has 0 spiro atoms. The number of guanidine groups is 1. The molecule has 1 N–H and O–H groups in total. The van der Waals surface area contributed by atoms with Gasteiger partial charge >= 0.3 is 0 Å². The van der Waals surface area contributed by atoms with Crippen LogP contribution in [0.2, 0.25) is 0 Å². The summed E-state index contributed by atoms with van der Waals surface area (Å²) in [6.07, 6.45) is 5.20. The fraction of sp³-hybridized carbons (Fsp3) is 0.545. The van der Waals surface area contributed by atoms with Gasteiger partial charge in [-0.2, -0.15) is 5.10 Å². The van der Waals surface area contributed by atoms with Crippen molar-refractivity contribution in [2.75, 3.05) is 55.0 Å². The number of benzene rings is 1. The summed E-state index contributed by atoms with van der Waals surface area (Å²) < 4.78 is 12.7. The van der Waals surface area contributed by atoms with Gasteiger partial charge in [-0.25, -0.2) is 0 Å². The molecule has 3 rings (SSSR count). The molecule has 1 aliphatic rings. The van der Waals surface area contributed by atoms with Crippen molar-refractivity contribution in [1.29, 1.82) is 0 Å². The van der Waals surface area contributed by atoms with E-state index in [0.29, 0.717) is 5.92 Å². The van der Waals surface area contributed by atoms with Crippen LogP contribution in [0.4, 0.5) is 0 Å². The number of hydrogen-bond donors (Lipinski definition) is 1. The summed E-state index contributed by atoms with van der Waals surface area (Å²) in [7, 11) is 11.3. The van der Waals surface area contributed by atoms with E-state index in [4.69, 9.17) is 9.47 Å². The lowest BCUT2D eigenvalue weighted by Gasteiger charge is -2.28. The minimum Gasteiger partial charge on any atom is -0.493 e. The first kappa shape index (κ1) is 22.0. The SMILES string of the molecule is CN=C(NCC(c1ccc(OC)c(OC)c1)N(C)C)N1CCC(c2cnn(C)c2)C1. The molecule has 1 saturated heterocycles. The summed E-state index contributed by atoms with van der Waals surface area (Å²) in [4.78, 5) is 9.07. The topological polar surface area (TPSA) is 67.2 Å². The maximum Gasteiger partial charge on any atom is 0.193 e. The van der Waals surface area contributed by atoms with Gasteiger partial charge in [0.15, 0.2) is 17.5 Å². The number of aryl methyl sites for hydroxylation is 1. The molecular weight excluding hydrogens is 380 g/mol. The molecule has 30 heavy (non-hydrogen) atoms. The third-order valence-corrected chi connectivity index (χ3v) is 5.77. The Bertz CT molecular complexity index is 863. The minimum absolute atomic E-state index is 0.165. The van der Waals surface area contributed by atoms with E-state index in [1.165, 1.54) is 5.56 Å². The third kappa shape index (κ3) is 4.87. The second-order valence-electron chi connectivity index (χ2n) is 7.90. The fourth-order valence-electron chi connectivity index (χ4n) is 4.05. The summed E-state index contributed by atoms with van der Waals surface area (Å²) in [6.45, 7) is 2.68. The predicted octanol–water partition coefficient (Wildman–Crippen LogP) is 2.10. The van der Waals surface area contributed by atoms with Gasteiger partial charge in [0.25, 0.3) is 0 Å². The van der Waals surface area contributed by atoms with E-state index in [0.717, 1.165) is 49.1 Å². The molecule has 8 heteroatoms. The van der Waals surface area contributed by atoms with Crippen molar-refractivity contribution in [3.05, 3.63) is 41.7 Å². The van der Waals surface area contributed by atoms with Crippen LogP contribution in [0.5, 0.6) is 11.5 Å². The van der Waals surface area contributed by atoms with Crippen LogP contribution < -0.4 is 14.8 Å². The molecule has 1 aromatic carbocycles. The summed E-state index contributed by atoms with van der Waals surface area (Å²) >= 11 is 0. The van der Waals surface area contributed by atoms with E-state index in [1.807, 2.05) is 37.1 Å². The average molecular weight is 415 g/mol. The molecule has 1 fully saturated rings. The first-order chi connectivity index (χ1) is 14.5. The molecule has 164 valence electrons. The van der Waals surface area contributed by atoms with Gasteiger partial charge < -0.3 is 24.6 Å². The van der Waals surface area contributed by atoms with Crippen molar-refractivity contribution in [3.8, 4) is 11.5 Å². The van der Waals surface area contributed by atoms with Gasteiger partial charge in [-0.1, -0.05) is 6.07 Å². The number of likely N-dealkylation sites (N-methyl/N-ethyl adjacent to an activating group) is 1. The van der Waals surface area contributed by atoms with Crippen molar-refractivity contribution < 1.29 is 9.47 Å². The molecule has 1 aromatic heterocycles. The molecule has 8 nitrogen and oxygen atoms in total. The fourth-order valence-corrected chi connectivity index (χ4v) is 4.05. The number of rotatable bonds is 7. The Labute approximate surface area is 179 Å². The van der Waals surface area contributed by atoms with Crippen LogP contribution in [0, 0.1) is 0 Å². The summed E-state index contributed by atoms with van der Waals surface area (Å²) in [6, 6.07) is 6.25. The maximum atomic E-state index is 5.49. The highest BCUT2D eigenvalue weighted by molar-refractivity contribution is 5.80. The van der Waals surface area contributed by atoms with E-state index in [-0.39, 0.29) is 6.04 Å². The van der Waals surface area contributed by atoms with Crippen LogP contribution >= 0.6 is 0 Å². The van der Waals surface area contributed by atoms with Gasteiger partial charge in [0, 0.05) is 45.8 Å². The number of hydrogen-bond acceptors (Lipinski definition) is 5. The van der Waals surface area contributed by atoms with Crippen LogP contribution in [0.3, 0.4) is 0 Å². The molecule has 0 radical (unpaired) electrons. The number of nitrogens with one attached hydrogen (secondary N) is 1. The number of nitrogens with zero attached hydrogens (tertiary/aromatic N) is 5. The zero-order valence-corrected chi connectivity index (χ0v) is 18.9. The van der Waals surface area contributed by atoms with Crippen molar-refractivity contribution >= 4 is 5.96 Å². The largest absolute Gasteiger partial charge is 0.493 e. The van der Waals surface area contributed by atoms with E-state index >= 15 is 0 Å². The maximum absolute atomic E-state index is 5.49. The van der Waals surface area contributed by atoms with Crippen LogP contribution in [0.25, 0.3) is 0 Å². The van der Waals surface area contributed by atoms with Gasteiger partial charge in [0.2, 0.25) is 0 Å². The zero-order valence-electron chi connectivity index (χ0n) is 18.9. The Kier molecular flexibility index (Phi) is 7.20. The number of ether oxygens (including phenoxy) is 2. The Hall–Kier alpha value is -2.74. The number of methoxy groups -OCH3 is 2. The zero-order chi connectivity index (χ0) is 21.7. The number of likely N-dealkylation sites (tertiary alicyclic amines) is 1. The highest BCUT2D eigenvalue weighted by atomic mass is 16.5. The summed E-state index contributed by atoms with van der Waals surface area (Å²) in [5, 5.41) is 7.89. The molecule has 2 heterocycles. The quantitative estimate of drug-likeness (QED) is 0.553. The Morgan fingerprint density at radius 3 is 2.67 bits per heavy atom. The second kappa shape index (κ2) is 9.84. The number of aromatic nitrogens is 2. The highest BCUT2D eigenvalue weighted by Gasteiger charge is 2.27. The monoisotopic (exact) mass is 414 g/mol. The van der Waals surface area contributed by atoms with Gasteiger partial charge in [0.1, 0.15) is 0 Å². The van der Waals surface area contributed by atoms with E-state index in [9.17, 15) is 0 Å². The molecule has 2 aromatic rings. The molecule has 1 aliphatic heterocycles. The molecule has 2 atom stereocenters. The van der Waals surface area contributed by atoms with Crippen LogP contribution in [0.1, 0.15) is 29.5 Å². The van der Waals surface area contributed by atoms with Gasteiger partial charge in [0.05, 0.1) is 26.5 Å². The molecular formula is C22H34N6O2. The van der Waals surface area contributed by atoms with Gasteiger partial charge in [-0.05, 0) is 43.8 Å². The first-order valence-electron chi connectivity index (χ1n) is 10.3. The highest BCUT2D eigenvalue weighted by Crippen LogP contribution is 2.31. The third-order valence-electron chi connectivity index (χ3n) is 5.77. The van der Waals surface area contributed by atoms with E-state index in [1.54, 1.807) is 14.2 Å². The molecule has 0 amide bonds. The van der Waals surface area contributed by atoms with Crippen molar-refractivity contribution in [2.45, 2.75) is 18.4 Å². The Morgan fingerprint density at radius 1 is 1.30 bits per heavy atom. The van der Waals surface area contributed by atoms with Crippen LogP contribution in [-0.2, 0) is 7.05 Å². The summed E-state index contributed by atoms with van der Waals surface area (Å²) in [5.41, 5.74) is 2.46. The van der Waals surface area contributed by atoms with Gasteiger partial charge in [-0.15, -0.1) is 0 Å². The van der Waals surface area contributed by atoms with E-state index in [2.05, 4.69) is 51.6 Å². The lowest BCUT2D eigenvalue weighted by atomic mass is 10.0. The molecule has 2 unspecified atom stereocenters. The molecule has 0 saturated carbocycles. The van der Waals surface area contributed by atoms with Crippen molar-refractivity contribution in [3.63, 3.8) is 0 Å². The normalized spacial score (nSPS) is 18.0. The predicted molar refractivity (Wildman–Crippen MR) is 119 cm³/mol. The Balaban J connectivity index is 1.66. The standard InChI is InChI=1S/C22H34N6O2/c1-23-22(28-10-9-17(15-28)18-12-25-27(4)14-18)24-13-19(26(2)3)16-7-8-20(29-5)21(11-16)30-6/h7-8,11-12,14,17,19H,9-10,13,15H2,1-6H3,(H,23,24). The van der Waals surface area contributed by atoms with Crippen molar-refractivity contribution in [2.24, 2.45) is 12.0 Å². The lowest BCUT2D eigenvalue weighted by molar-refractivity contribution is 0.293. The first-order valence-corrected chi connectivity index (χ1v) is 10.3. The van der Waals surface area contributed by atoms with Crippen molar-refractivity contribution in [1.82, 2.24) is 24.9 Å². The number of aliphatic imine (C=N–C) groups is 1. The summed E-state index contributed by atoms with van der Waals surface area (Å²) in [5.74, 6) is 2.91. The minimum atomic E-state index is 0.165. The second-order valence-corrected chi connectivity index (χ2v) is 7.90. The van der Waals surface area contributed by atoms with E-state index < -0.39 is 0 Å². The van der Waals surface area contributed by atoms with Gasteiger partial charge in [-0.3, -0.25) is 9.67 Å². The molecule has 0 aliphatic carbocycles. The van der Waals surface area contributed by atoms with Crippen LogP contribution in [0.15, 0.2) is 35.6 Å². The Morgan fingerprint density at radius 2 is 2.07 bits per heavy atom. The van der Waals surface area contributed by atoms with Crippen LogP contribution in [-0.4, -0.2) is 80.5 Å². The average Bonchev–Trinajstić information content (AvgIpc) is 3.39. The lowest BCUT2D eigenvalue weighted by Crippen LogP contribution is -2.43. The smallest absolute Gasteiger partial charge is 0.193 e.